The molecule has 7 nitrogen and oxygen atoms in total. The number of nitro groups is 1. The molecule has 0 saturated heterocycles. The van der Waals surface area contributed by atoms with Crippen molar-refractivity contribution in [3.05, 3.63) is 62.7 Å². The quantitative estimate of drug-likeness (QED) is 0.658. The molecule has 1 heterocycles. The minimum absolute atomic E-state index is 0.0389. The Balaban J connectivity index is 2.10. The van der Waals surface area contributed by atoms with Gasteiger partial charge in [0.2, 0.25) is 5.88 Å². The average molecular weight is 297 g/mol. The molecule has 2 aliphatic rings. The van der Waals surface area contributed by atoms with Gasteiger partial charge in [-0.1, -0.05) is 12.1 Å². The van der Waals surface area contributed by atoms with Crippen molar-refractivity contribution in [1.82, 2.24) is 0 Å². The molecule has 1 aromatic carbocycles. The summed E-state index contributed by atoms with van der Waals surface area (Å²) in [6.07, 6.45) is 0.814. The molecule has 0 unspecified atom stereocenters. The number of ketones is 1. The van der Waals surface area contributed by atoms with E-state index >= 15 is 0 Å². The number of ether oxygens (including phenoxy) is 1. The van der Waals surface area contributed by atoms with Crippen LogP contribution >= 0.6 is 0 Å². The lowest BCUT2D eigenvalue weighted by molar-refractivity contribution is -0.384. The standard InChI is InChI=1S/C15H11N3O4/c16-7-11-13(8-1-3-9(4-2-8)18(20)21)10-5-6-12(19)14(10)22-15(11)17/h1-4,13H,5-6,17H2/t13-/m1/s1. The maximum absolute atomic E-state index is 11.8. The molecule has 110 valence electrons. The molecule has 1 aromatic rings. The lowest BCUT2D eigenvalue weighted by atomic mass is 9.83. The molecule has 0 spiro atoms. The monoisotopic (exact) mass is 297 g/mol. The van der Waals surface area contributed by atoms with Gasteiger partial charge in [0.25, 0.3) is 5.69 Å². The number of nitriles is 1. The van der Waals surface area contributed by atoms with Crippen molar-refractivity contribution in [2.24, 2.45) is 5.73 Å². The van der Waals surface area contributed by atoms with Gasteiger partial charge in [0, 0.05) is 24.5 Å². The van der Waals surface area contributed by atoms with Crippen LogP contribution in [0.25, 0.3) is 0 Å². The summed E-state index contributed by atoms with van der Waals surface area (Å²) in [5.41, 5.74) is 7.33. The Morgan fingerprint density at radius 3 is 2.59 bits per heavy atom. The SMILES string of the molecule is N#CC1=C(N)OC2=C(CCC2=O)[C@H]1c1ccc([N+](=O)[O-])cc1. The van der Waals surface area contributed by atoms with Crippen LogP contribution in [-0.4, -0.2) is 10.7 Å². The summed E-state index contributed by atoms with van der Waals surface area (Å²) < 4.78 is 5.30. The van der Waals surface area contributed by atoms with Gasteiger partial charge in [0.1, 0.15) is 11.6 Å². The lowest BCUT2D eigenvalue weighted by Crippen LogP contribution is -2.20. The number of nitrogens with two attached hydrogens (primary N) is 1. The minimum atomic E-state index is -0.493. The fourth-order valence-electron chi connectivity index (χ4n) is 2.81. The molecule has 0 aromatic heterocycles. The molecule has 0 amide bonds. The number of carbonyl (C=O) groups is 1. The van der Waals surface area contributed by atoms with Crippen molar-refractivity contribution in [2.75, 3.05) is 0 Å². The predicted octanol–water partition coefficient (Wildman–Crippen LogP) is 2.02. The Morgan fingerprint density at radius 1 is 1.32 bits per heavy atom. The highest BCUT2D eigenvalue weighted by Crippen LogP contribution is 2.44. The van der Waals surface area contributed by atoms with Gasteiger partial charge in [-0.2, -0.15) is 5.26 Å². The van der Waals surface area contributed by atoms with E-state index in [4.69, 9.17) is 10.5 Å². The van der Waals surface area contributed by atoms with Gasteiger partial charge in [0.05, 0.1) is 4.92 Å². The zero-order valence-electron chi connectivity index (χ0n) is 11.4. The van der Waals surface area contributed by atoms with Crippen LogP contribution in [0.1, 0.15) is 24.3 Å². The van der Waals surface area contributed by atoms with E-state index in [0.29, 0.717) is 24.0 Å². The summed E-state index contributed by atoms with van der Waals surface area (Å²) in [7, 11) is 0. The Hall–Kier alpha value is -3.14. The maximum atomic E-state index is 11.8. The summed E-state index contributed by atoms with van der Waals surface area (Å²) in [6.45, 7) is 0. The predicted molar refractivity (Wildman–Crippen MR) is 75.0 cm³/mol. The van der Waals surface area contributed by atoms with Crippen molar-refractivity contribution in [3.8, 4) is 6.07 Å². The van der Waals surface area contributed by atoms with Gasteiger partial charge < -0.3 is 10.5 Å². The third-order valence-electron chi connectivity index (χ3n) is 3.84. The summed E-state index contributed by atoms with van der Waals surface area (Å²) in [6, 6.07) is 7.90. The summed E-state index contributed by atoms with van der Waals surface area (Å²) in [4.78, 5) is 22.1. The highest BCUT2D eigenvalue weighted by molar-refractivity contribution is 5.98. The normalized spacial score (nSPS) is 20.5. The number of hydrogen-bond donors (Lipinski definition) is 1. The van der Waals surface area contributed by atoms with Gasteiger partial charge in [-0.25, -0.2) is 0 Å². The summed E-state index contributed by atoms with van der Waals surface area (Å²) in [5, 5.41) is 20.1. The first-order valence-electron chi connectivity index (χ1n) is 6.61. The minimum Gasteiger partial charge on any atom is -0.437 e. The van der Waals surface area contributed by atoms with Crippen molar-refractivity contribution in [2.45, 2.75) is 18.8 Å². The average Bonchev–Trinajstić information content (AvgIpc) is 2.87. The van der Waals surface area contributed by atoms with Crippen LogP contribution in [0, 0.1) is 21.4 Å². The van der Waals surface area contributed by atoms with E-state index in [9.17, 15) is 20.2 Å². The lowest BCUT2D eigenvalue weighted by Gasteiger charge is -2.25. The zero-order valence-corrected chi connectivity index (χ0v) is 11.4. The van der Waals surface area contributed by atoms with Gasteiger partial charge in [-0.05, 0) is 17.6 Å². The van der Waals surface area contributed by atoms with E-state index < -0.39 is 10.8 Å². The van der Waals surface area contributed by atoms with E-state index in [-0.39, 0.29) is 28.7 Å². The number of Topliss-reactive ketones (excluding diaryl/α,β-unsaturated/α-hetero) is 1. The number of benzene rings is 1. The molecule has 3 rings (SSSR count). The molecule has 1 aliphatic heterocycles. The third-order valence-corrected chi connectivity index (χ3v) is 3.84. The van der Waals surface area contributed by atoms with E-state index in [0.717, 1.165) is 0 Å². The number of non-ortho nitro benzene ring substituents is 1. The molecule has 0 bridgehead atoms. The zero-order chi connectivity index (χ0) is 15.9. The Bertz CT molecular complexity index is 784. The van der Waals surface area contributed by atoms with E-state index in [1.54, 1.807) is 12.1 Å². The second kappa shape index (κ2) is 5.00. The van der Waals surface area contributed by atoms with Crippen molar-refractivity contribution < 1.29 is 14.5 Å². The smallest absolute Gasteiger partial charge is 0.269 e. The molecule has 7 heteroatoms. The molecule has 22 heavy (non-hydrogen) atoms. The Morgan fingerprint density at radius 2 is 2.00 bits per heavy atom. The molecule has 0 fully saturated rings. The summed E-state index contributed by atoms with van der Waals surface area (Å²) in [5.74, 6) is -0.498. The van der Waals surface area contributed by atoms with Crippen molar-refractivity contribution in [1.29, 1.82) is 5.26 Å². The number of allylic oxidation sites excluding steroid dienone is 3. The molecule has 0 radical (unpaired) electrons. The first kappa shape index (κ1) is 13.8. The largest absolute Gasteiger partial charge is 0.437 e. The van der Waals surface area contributed by atoms with E-state index in [1.165, 1.54) is 12.1 Å². The van der Waals surface area contributed by atoms with Crippen LogP contribution < -0.4 is 5.73 Å². The second-order valence-electron chi connectivity index (χ2n) is 5.05. The van der Waals surface area contributed by atoms with Gasteiger partial charge in [-0.3, -0.25) is 14.9 Å². The fourth-order valence-corrected chi connectivity index (χ4v) is 2.81. The van der Waals surface area contributed by atoms with Crippen LogP contribution in [0.15, 0.2) is 47.1 Å². The topological polar surface area (TPSA) is 119 Å². The maximum Gasteiger partial charge on any atom is 0.269 e. The first-order valence-corrected chi connectivity index (χ1v) is 6.61. The van der Waals surface area contributed by atoms with Crippen LogP contribution in [0.4, 0.5) is 5.69 Å². The number of nitro benzene ring substituents is 1. The van der Waals surface area contributed by atoms with Gasteiger partial charge in [-0.15, -0.1) is 0 Å². The molecule has 2 N–H and O–H groups in total. The van der Waals surface area contributed by atoms with E-state index in [1.807, 2.05) is 6.07 Å². The Labute approximate surface area is 125 Å². The molecule has 1 atom stereocenters. The number of carbonyl (C=O) groups excluding carboxylic acids is 1. The molecule has 0 saturated carbocycles. The van der Waals surface area contributed by atoms with Crippen molar-refractivity contribution in [3.63, 3.8) is 0 Å². The third kappa shape index (κ3) is 2.02. The first-order chi connectivity index (χ1) is 10.5. The number of rotatable bonds is 2. The van der Waals surface area contributed by atoms with Crippen LogP contribution in [-0.2, 0) is 9.53 Å². The second-order valence-corrected chi connectivity index (χ2v) is 5.05. The Kier molecular flexibility index (Phi) is 3.14. The molecule has 1 aliphatic carbocycles. The number of nitrogens with zero attached hydrogens (tertiary/aromatic N) is 2. The molecular formula is C15H11N3O4. The fraction of sp³-hybridized carbons (Fsp3) is 0.200. The van der Waals surface area contributed by atoms with Crippen LogP contribution in [0.3, 0.4) is 0 Å². The number of hydrogen-bond acceptors (Lipinski definition) is 6. The van der Waals surface area contributed by atoms with Crippen molar-refractivity contribution >= 4 is 11.5 Å². The van der Waals surface area contributed by atoms with Crippen LogP contribution in [0.2, 0.25) is 0 Å². The molecular weight excluding hydrogens is 286 g/mol. The van der Waals surface area contributed by atoms with E-state index in [2.05, 4.69) is 0 Å². The van der Waals surface area contributed by atoms with Gasteiger partial charge >= 0.3 is 0 Å². The van der Waals surface area contributed by atoms with Gasteiger partial charge in [0.15, 0.2) is 11.5 Å². The summed E-state index contributed by atoms with van der Waals surface area (Å²) >= 11 is 0. The highest BCUT2D eigenvalue weighted by atomic mass is 16.6. The van der Waals surface area contributed by atoms with Crippen LogP contribution in [0.5, 0.6) is 0 Å². The highest BCUT2D eigenvalue weighted by Gasteiger charge is 2.38.